The topological polar surface area (TPSA) is 57.5 Å². The molecular weight excluding hydrogens is 168 g/mol. The zero-order chi connectivity index (χ0) is 9.84. The highest BCUT2D eigenvalue weighted by molar-refractivity contribution is 5.93. The van der Waals surface area contributed by atoms with Gasteiger partial charge in [0.25, 0.3) is 0 Å². The van der Waals surface area contributed by atoms with Gasteiger partial charge in [-0.3, -0.25) is 4.79 Å². The van der Waals surface area contributed by atoms with Gasteiger partial charge < -0.3 is 10.2 Å². The number of phenolic OH excluding ortho intramolecular Hbond substituents is 1. The van der Waals surface area contributed by atoms with E-state index in [0.717, 1.165) is 6.08 Å². The normalized spacial score (nSPS) is 11.3. The van der Waals surface area contributed by atoms with Gasteiger partial charge in [0.05, 0.1) is 0 Å². The summed E-state index contributed by atoms with van der Waals surface area (Å²) in [5.74, 6) is -0.315. The Labute approximate surface area is 76.0 Å². The highest BCUT2D eigenvalue weighted by Gasteiger charge is 2.00. The van der Waals surface area contributed by atoms with Crippen LogP contribution in [0.3, 0.4) is 0 Å². The molecule has 1 rings (SSSR count). The maximum Gasteiger partial charge on any atom is 0.156 e. The summed E-state index contributed by atoms with van der Waals surface area (Å²) in [6.07, 6.45) is 1.11. The van der Waals surface area contributed by atoms with E-state index in [1.54, 1.807) is 12.1 Å². The van der Waals surface area contributed by atoms with Crippen molar-refractivity contribution in [3.8, 4) is 5.75 Å². The maximum absolute atomic E-state index is 10.6. The number of carbonyl (C=O) groups excluding carboxylic acids is 1. The van der Waals surface area contributed by atoms with Crippen molar-refractivity contribution in [2.24, 2.45) is 0 Å². The van der Waals surface area contributed by atoms with Crippen molar-refractivity contribution in [2.45, 2.75) is 6.92 Å². The van der Waals surface area contributed by atoms with E-state index >= 15 is 0 Å². The van der Waals surface area contributed by atoms with Crippen LogP contribution in [-0.4, -0.2) is 16.0 Å². The van der Waals surface area contributed by atoms with E-state index in [1.165, 1.54) is 19.1 Å². The van der Waals surface area contributed by atoms with Gasteiger partial charge in [0.2, 0.25) is 0 Å². The Balaban J connectivity index is 3.02. The summed E-state index contributed by atoms with van der Waals surface area (Å²) in [5, 5.41) is 18.4. The molecule has 13 heavy (non-hydrogen) atoms. The van der Waals surface area contributed by atoms with E-state index in [2.05, 4.69) is 0 Å². The van der Waals surface area contributed by atoms with E-state index in [-0.39, 0.29) is 17.3 Å². The van der Waals surface area contributed by atoms with Crippen LogP contribution in [0.2, 0.25) is 0 Å². The molecule has 0 saturated carbocycles. The van der Waals surface area contributed by atoms with E-state index in [1.807, 2.05) is 0 Å². The summed E-state index contributed by atoms with van der Waals surface area (Å²) in [6.45, 7) is 1.35. The molecule has 0 radical (unpaired) electrons. The highest BCUT2D eigenvalue weighted by Crippen LogP contribution is 2.16. The van der Waals surface area contributed by atoms with Crippen molar-refractivity contribution < 1.29 is 15.0 Å². The van der Waals surface area contributed by atoms with Crippen molar-refractivity contribution in [2.75, 3.05) is 0 Å². The Hall–Kier alpha value is -1.77. The number of aromatic hydroxyl groups is 1. The third-order valence-electron chi connectivity index (χ3n) is 1.48. The highest BCUT2D eigenvalue weighted by atomic mass is 16.3. The van der Waals surface area contributed by atoms with Crippen LogP contribution in [0.15, 0.2) is 30.3 Å². The zero-order valence-electron chi connectivity index (χ0n) is 7.19. The van der Waals surface area contributed by atoms with Crippen LogP contribution < -0.4 is 0 Å². The molecule has 0 bridgehead atoms. The molecule has 0 heterocycles. The quantitative estimate of drug-likeness (QED) is 0.537. The largest absolute Gasteiger partial charge is 0.508 e. The Morgan fingerprint density at radius 2 is 2.15 bits per heavy atom. The minimum Gasteiger partial charge on any atom is -0.508 e. The second kappa shape index (κ2) is 3.76. The number of aliphatic hydroxyl groups excluding tert-OH is 1. The van der Waals surface area contributed by atoms with Crippen molar-refractivity contribution in [3.05, 3.63) is 35.9 Å². The molecule has 3 nitrogen and oxygen atoms in total. The van der Waals surface area contributed by atoms with E-state index in [9.17, 15) is 9.90 Å². The molecule has 0 amide bonds. The van der Waals surface area contributed by atoms with Gasteiger partial charge in [-0.05, 0) is 19.1 Å². The van der Waals surface area contributed by atoms with Crippen molar-refractivity contribution in [1.82, 2.24) is 0 Å². The first-order valence-electron chi connectivity index (χ1n) is 3.80. The van der Waals surface area contributed by atoms with Crippen LogP contribution >= 0.6 is 0 Å². The molecule has 0 aliphatic heterocycles. The third kappa shape index (κ3) is 2.63. The number of allylic oxidation sites excluding steroid dienone is 1. The predicted molar refractivity (Wildman–Crippen MR) is 49.4 cm³/mol. The van der Waals surface area contributed by atoms with Crippen LogP contribution in [0.4, 0.5) is 0 Å². The molecule has 0 unspecified atom stereocenters. The first kappa shape index (κ1) is 9.32. The summed E-state index contributed by atoms with van der Waals surface area (Å²) in [7, 11) is 0. The van der Waals surface area contributed by atoms with Crippen LogP contribution in [0, 0.1) is 0 Å². The number of aliphatic hydroxyl groups is 1. The van der Waals surface area contributed by atoms with Crippen LogP contribution in [-0.2, 0) is 4.79 Å². The fourth-order valence-electron chi connectivity index (χ4n) is 0.941. The van der Waals surface area contributed by atoms with E-state index in [4.69, 9.17) is 5.11 Å². The van der Waals surface area contributed by atoms with Gasteiger partial charge in [-0.2, -0.15) is 0 Å². The number of benzene rings is 1. The van der Waals surface area contributed by atoms with Crippen LogP contribution in [0.5, 0.6) is 5.75 Å². The van der Waals surface area contributed by atoms with Gasteiger partial charge in [-0.15, -0.1) is 0 Å². The Bertz CT molecular complexity index is 353. The van der Waals surface area contributed by atoms with Gasteiger partial charge in [-0.1, -0.05) is 12.1 Å². The van der Waals surface area contributed by atoms with E-state index < -0.39 is 0 Å². The minimum atomic E-state index is -0.235. The van der Waals surface area contributed by atoms with Crippen molar-refractivity contribution >= 4 is 11.5 Å². The van der Waals surface area contributed by atoms with Crippen LogP contribution in [0.1, 0.15) is 12.5 Å². The van der Waals surface area contributed by atoms with Gasteiger partial charge in [-0.25, -0.2) is 0 Å². The number of carbonyl (C=O) groups is 1. The second-order valence-electron chi connectivity index (χ2n) is 2.69. The molecule has 0 atom stereocenters. The molecule has 0 fully saturated rings. The first-order chi connectivity index (χ1) is 6.09. The van der Waals surface area contributed by atoms with Gasteiger partial charge in [0.15, 0.2) is 5.78 Å². The molecule has 1 aromatic rings. The molecule has 68 valence electrons. The molecule has 3 heteroatoms. The van der Waals surface area contributed by atoms with Crippen molar-refractivity contribution in [3.63, 3.8) is 0 Å². The molecule has 0 aliphatic carbocycles. The average molecular weight is 178 g/mol. The summed E-state index contributed by atoms with van der Waals surface area (Å²) in [4.78, 5) is 10.6. The predicted octanol–water partition coefficient (Wildman–Crippen LogP) is 1.88. The first-order valence-corrected chi connectivity index (χ1v) is 3.80. The lowest BCUT2D eigenvalue weighted by Gasteiger charge is -1.99. The Kier molecular flexibility index (Phi) is 2.69. The lowest BCUT2D eigenvalue weighted by Crippen LogP contribution is -1.88. The number of phenols is 1. The number of hydrogen-bond acceptors (Lipinski definition) is 3. The molecule has 0 spiro atoms. The summed E-state index contributed by atoms with van der Waals surface area (Å²) in [5.41, 5.74) is 0.426. The number of ketones is 1. The Morgan fingerprint density at radius 1 is 1.46 bits per heavy atom. The fraction of sp³-hybridized carbons (Fsp3) is 0.100. The van der Waals surface area contributed by atoms with Gasteiger partial charge in [0.1, 0.15) is 11.5 Å². The van der Waals surface area contributed by atoms with Gasteiger partial charge >= 0.3 is 0 Å². The number of hydrogen-bond donors (Lipinski definition) is 2. The summed E-state index contributed by atoms with van der Waals surface area (Å²) < 4.78 is 0. The molecule has 0 saturated heterocycles. The molecule has 0 aliphatic rings. The molecule has 1 aromatic carbocycles. The second-order valence-corrected chi connectivity index (χ2v) is 2.69. The summed E-state index contributed by atoms with van der Waals surface area (Å²) >= 11 is 0. The molecule has 2 N–H and O–H groups in total. The third-order valence-corrected chi connectivity index (χ3v) is 1.48. The standard InChI is InChI=1S/C10H10O3/c1-7(11)5-10(13)8-3-2-4-9(12)6-8/h2-6,12-13H,1H3/b10-5-. The number of rotatable bonds is 2. The SMILES string of the molecule is CC(=O)/C=C(\O)c1cccc(O)c1. The lowest BCUT2D eigenvalue weighted by molar-refractivity contribution is -0.112. The monoisotopic (exact) mass is 178 g/mol. The van der Waals surface area contributed by atoms with Gasteiger partial charge in [0, 0.05) is 11.6 Å². The lowest BCUT2D eigenvalue weighted by atomic mass is 10.1. The molecule has 0 aromatic heterocycles. The van der Waals surface area contributed by atoms with Crippen LogP contribution in [0.25, 0.3) is 5.76 Å². The minimum absolute atomic E-state index is 0.0565. The molecular formula is C10H10O3. The fourth-order valence-corrected chi connectivity index (χ4v) is 0.941. The average Bonchev–Trinajstić information content (AvgIpc) is 2.03. The maximum atomic E-state index is 10.6. The zero-order valence-corrected chi connectivity index (χ0v) is 7.19. The van der Waals surface area contributed by atoms with E-state index in [0.29, 0.717) is 5.56 Å². The Morgan fingerprint density at radius 3 is 2.69 bits per heavy atom. The smallest absolute Gasteiger partial charge is 0.156 e. The summed E-state index contributed by atoms with van der Waals surface area (Å²) in [6, 6.07) is 6.07. The van der Waals surface area contributed by atoms with Crippen molar-refractivity contribution in [1.29, 1.82) is 0 Å².